The molecular formula is C19H17FN2O3. The number of hydrogen-bond donors (Lipinski definition) is 1. The Morgan fingerprint density at radius 1 is 1.08 bits per heavy atom. The van der Waals surface area contributed by atoms with Gasteiger partial charge in [-0.25, -0.2) is 4.39 Å². The highest BCUT2D eigenvalue weighted by molar-refractivity contribution is 6.21. The van der Waals surface area contributed by atoms with Crippen molar-refractivity contribution >= 4 is 17.7 Å². The third-order valence-corrected chi connectivity index (χ3v) is 4.22. The molecule has 1 aliphatic rings. The molecule has 2 aromatic rings. The largest absolute Gasteiger partial charge is 0.354 e. The first-order chi connectivity index (χ1) is 12.0. The molecule has 6 heteroatoms. The van der Waals surface area contributed by atoms with Gasteiger partial charge in [0.05, 0.1) is 17.5 Å². The fourth-order valence-corrected chi connectivity index (χ4v) is 2.85. The highest BCUT2D eigenvalue weighted by Crippen LogP contribution is 2.24. The molecule has 0 fully saturated rings. The van der Waals surface area contributed by atoms with Crippen LogP contribution in [0.3, 0.4) is 0 Å². The summed E-state index contributed by atoms with van der Waals surface area (Å²) < 4.78 is 13.7. The third-order valence-electron chi connectivity index (χ3n) is 4.22. The van der Waals surface area contributed by atoms with Gasteiger partial charge in [0.15, 0.2) is 0 Å². The van der Waals surface area contributed by atoms with Gasteiger partial charge in [-0.2, -0.15) is 0 Å². The van der Waals surface area contributed by atoms with Gasteiger partial charge in [0.25, 0.3) is 11.8 Å². The van der Waals surface area contributed by atoms with E-state index in [2.05, 4.69) is 5.32 Å². The van der Waals surface area contributed by atoms with Crippen molar-refractivity contribution in [3.05, 3.63) is 70.5 Å². The number of benzene rings is 2. The van der Waals surface area contributed by atoms with E-state index >= 15 is 0 Å². The summed E-state index contributed by atoms with van der Waals surface area (Å²) in [5, 5.41) is 2.69. The van der Waals surface area contributed by atoms with Crippen molar-refractivity contribution in [1.82, 2.24) is 10.2 Å². The van der Waals surface area contributed by atoms with Crippen molar-refractivity contribution in [1.29, 1.82) is 0 Å². The molecule has 1 N–H and O–H groups in total. The molecular weight excluding hydrogens is 323 g/mol. The average Bonchev–Trinajstić information content (AvgIpc) is 2.83. The maximum absolute atomic E-state index is 13.7. The van der Waals surface area contributed by atoms with Gasteiger partial charge in [-0.3, -0.25) is 19.3 Å². The van der Waals surface area contributed by atoms with Gasteiger partial charge >= 0.3 is 0 Å². The van der Waals surface area contributed by atoms with Crippen molar-refractivity contribution in [3.63, 3.8) is 0 Å². The molecule has 2 aromatic carbocycles. The first kappa shape index (κ1) is 16.8. The molecule has 0 spiro atoms. The molecule has 0 bridgehead atoms. The van der Waals surface area contributed by atoms with E-state index in [4.69, 9.17) is 0 Å². The first-order valence-corrected chi connectivity index (χ1v) is 7.95. The third kappa shape index (κ3) is 3.28. The summed E-state index contributed by atoms with van der Waals surface area (Å²) in [5.41, 5.74) is 1.81. The van der Waals surface area contributed by atoms with Gasteiger partial charge in [0, 0.05) is 13.1 Å². The van der Waals surface area contributed by atoms with Crippen molar-refractivity contribution in [3.8, 4) is 0 Å². The lowest BCUT2D eigenvalue weighted by atomic mass is 10.1. The zero-order valence-corrected chi connectivity index (χ0v) is 13.7. The Bertz CT molecular complexity index is 863. The number of nitrogens with zero attached hydrogens (tertiary/aromatic N) is 1. The molecule has 1 heterocycles. The summed E-state index contributed by atoms with van der Waals surface area (Å²) in [4.78, 5) is 37.4. The van der Waals surface area contributed by atoms with Crippen LogP contribution in [-0.2, 0) is 11.2 Å². The summed E-state index contributed by atoms with van der Waals surface area (Å²) in [5.74, 6) is -2.10. The fraction of sp³-hybridized carbons (Fsp3) is 0.211. The topological polar surface area (TPSA) is 66.5 Å². The van der Waals surface area contributed by atoms with Crippen LogP contribution in [0, 0.1) is 12.7 Å². The van der Waals surface area contributed by atoms with Crippen LogP contribution < -0.4 is 5.32 Å². The molecule has 3 rings (SSSR count). The Balaban J connectivity index is 1.57. The molecule has 0 saturated heterocycles. The van der Waals surface area contributed by atoms with Crippen LogP contribution in [0.25, 0.3) is 0 Å². The number of carbonyl (C=O) groups is 3. The molecule has 25 heavy (non-hydrogen) atoms. The van der Waals surface area contributed by atoms with Crippen LogP contribution >= 0.6 is 0 Å². The minimum Gasteiger partial charge on any atom is -0.354 e. The van der Waals surface area contributed by atoms with Crippen LogP contribution in [0.5, 0.6) is 0 Å². The lowest BCUT2D eigenvalue weighted by Gasteiger charge is -2.14. The molecule has 0 saturated carbocycles. The molecule has 0 unspecified atom stereocenters. The van der Waals surface area contributed by atoms with E-state index < -0.39 is 17.6 Å². The Labute approximate surface area is 144 Å². The highest BCUT2D eigenvalue weighted by Gasteiger charge is 2.37. The summed E-state index contributed by atoms with van der Waals surface area (Å²) in [6, 6.07) is 11.5. The molecule has 3 amide bonds. The molecule has 0 aromatic heterocycles. The van der Waals surface area contributed by atoms with Crippen molar-refractivity contribution < 1.29 is 18.8 Å². The number of fused-ring (bicyclic) bond motifs is 1. The standard InChI is InChI=1S/C19H17FN2O3/c1-12-5-2-3-6-13(12)11-16(23)21-9-10-22-18(24)14-7-4-8-15(20)17(14)19(22)25/h2-8H,9-11H2,1H3,(H,21,23). The van der Waals surface area contributed by atoms with Gasteiger partial charge < -0.3 is 5.32 Å². The minimum atomic E-state index is -0.707. The maximum Gasteiger partial charge on any atom is 0.264 e. The second kappa shape index (κ2) is 6.84. The summed E-state index contributed by atoms with van der Waals surface area (Å²) in [6.07, 6.45) is 0.226. The van der Waals surface area contributed by atoms with Crippen LogP contribution in [0.15, 0.2) is 42.5 Å². The number of aryl methyl sites for hydroxylation is 1. The Morgan fingerprint density at radius 2 is 1.84 bits per heavy atom. The number of halogens is 1. The van der Waals surface area contributed by atoms with Crippen LogP contribution in [0.1, 0.15) is 31.8 Å². The summed E-state index contributed by atoms with van der Waals surface area (Å²) in [7, 11) is 0. The first-order valence-electron chi connectivity index (χ1n) is 7.95. The number of nitrogens with one attached hydrogen (secondary N) is 1. The molecule has 0 aliphatic carbocycles. The summed E-state index contributed by atoms with van der Waals surface area (Å²) in [6.45, 7) is 2.05. The predicted octanol–water partition coefficient (Wildman–Crippen LogP) is 2.09. The molecule has 0 atom stereocenters. The Hall–Kier alpha value is -3.02. The SMILES string of the molecule is Cc1ccccc1CC(=O)NCCN1C(=O)c2cccc(F)c2C1=O. The number of imide groups is 1. The smallest absolute Gasteiger partial charge is 0.264 e. The molecule has 1 aliphatic heterocycles. The Kier molecular flexibility index (Phi) is 4.61. The van der Waals surface area contributed by atoms with Gasteiger partial charge in [0.2, 0.25) is 5.91 Å². The average molecular weight is 340 g/mol. The molecule has 128 valence electrons. The monoisotopic (exact) mass is 340 g/mol. The quantitative estimate of drug-likeness (QED) is 0.848. The lowest BCUT2D eigenvalue weighted by Crippen LogP contribution is -2.38. The van der Waals surface area contributed by atoms with Crippen molar-refractivity contribution in [2.45, 2.75) is 13.3 Å². The van der Waals surface area contributed by atoms with Crippen LogP contribution in [0.4, 0.5) is 4.39 Å². The van der Waals surface area contributed by atoms with Gasteiger partial charge in [-0.1, -0.05) is 30.3 Å². The Morgan fingerprint density at radius 3 is 2.56 bits per heavy atom. The van der Waals surface area contributed by atoms with Gasteiger partial charge in [0.1, 0.15) is 5.82 Å². The molecule has 0 radical (unpaired) electrons. The van der Waals surface area contributed by atoms with Crippen LogP contribution in [-0.4, -0.2) is 35.7 Å². The van der Waals surface area contributed by atoms with E-state index in [0.717, 1.165) is 22.1 Å². The zero-order chi connectivity index (χ0) is 18.0. The fourth-order valence-electron chi connectivity index (χ4n) is 2.85. The van der Waals surface area contributed by atoms with E-state index in [-0.39, 0.29) is 36.5 Å². The van der Waals surface area contributed by atoms with Crippen molar-refractivity contribution in [2.24, 2.45) is 0 Å². The van der Waals surface area contributed by atoms with E-state index in [0.29, 0.717) is 0 Å². The van der Waals surface area contributed by atoms with E-state index in [1.807, 2.05) is 31.2 Å². The second-order valence-electron chi connectivity index (χ2n) is 5.88. The normalized spacial score (nSPS) is 13.1. The number of carbonyl (C=O) groups excluding carboxylic acids is 3. The number of amides is 3. The second-order valence-corrected chi connectivity index (χ2v) is 5.88. The van der Waals surface area contributed by atoms with E-state index in [1.54, 1.807) is 0 Å². The van der Waals surface area contributed by atoms with E-state index in [1.165, 1.54) is 12.1 Å². The number of rotatable bonds is 5. The predicted molar refractivity (Wildman–Crippen MR) is 89.7 cm³/mol. The minimum absolute atomic E-state index is 0.00526. The van der Waals surface area contributed by atoms with Crippen molar-refractivity contribution in [2.75, 3.05) is 13.1 Å². The number of hydrogen-bond acceptors (Lipinski definition) is 3. The van der Waals surface area contributed by atoms with Gasteiger partial charge in [-0.15, -0.1) is 0 Å². The molecule has 5 nitrogen and oxygen atoms in total. The van der Waals surface area contributed by atoms with Gasteiger partial charge in [-0.05, 0) is 30.2 Å². The van der Waals surface area contributed by atoms with E-state index in [9.17, 15) is 18.8 Å². The maximum atomic E-state index is 13.7. The van der Waals surface area contributed by atoms with Crippen LogP contribution in [0.2, 0.25) is 0 Å². The summed E-state index contributed by atoms with van der Waals surface area (Å²) >= 11 is 0. The lowest BCUT2D eigenvalue weighted by molar-refractivity contribution is -0.120. The highest BCUT2D eigenvalue weighted by atomic mass is 19.1. The zero-order valence-electron chi connectivity index (χ0n) is 13.7.